The molecule has 0 N–H and O–H groups in total. The molecule has 1 aliphatic rings. The highest BCUT2D eigenvalue weighted by Crippen LogP contribution is 2.41. The largest absolute Gasteiger partial charge is 0.492 e. The Balaban J connectivity index is 2.16. The van der Waals surface area contributed by atoms with Crippen molar-refractivity contribution in [2.24, 2.45) is 5.92 Å². The van der Waals surface area contributed by atoms with Gasteiger partial charge in [-0.15, -0.1) is 0 Å². The number of fused-ring (bicyclic) bond motifs is 1. The molecule has 1 aliphatic heterocycles. The third-order valence-corrected chi connectivity index (χ3v) is 4.67. The first-order valence-electron chi connectivity index (χ1n) is 6.81. The van der Waals surface area contributed by atoms with Crippen LogP contribution in [0.5, 0.6) is 5.75 Å². The van der Waals surface area contributed by atoms with E-state index in [1.54, 1.807) is 0 Å². The van der Waals surface area contributed by atoms with Crippen LogP contribution in [0.1, 0.15) is 56.5 Å². The summed E-state index contributed by atoms with van der Waals surface area (Å²) in [6.07, 6.45) is 2.45. The number of hydrogen-bond donors (Lipinski definition) is 0. The molecule has 0 fully saturated rings. The fraction of sp³-hybridized carbons (Fsp3) is 0.625. The fourth-order valence-corrected chi connectivity index (χ4v) is 2.93. The Bertz CT molecular complexity index is 423. The molecule has 0 radical (unpaired) electrons. The molecule has 0 aromatic heterocycles. The first-order valence-corrected chi connectivity index (χ1v) is 7.73. The van der Waals surface area contributed by atoms with E-state index in [2.05, 4.69) is 61.8 Å². The van der Waals surface area contributed by atoms with Crippen LogP contribution < -0.4 is 4.74 Å². The first-order chi connectivity index (χ1) is 8.40. The van der Waals surface area contributed by atoms with Gasteiger partial charge in [0, 0.05) is 15.8 Å². The third kappa shape index (κ3) is 2.90. The Morgan fingerprint density at radius 1 is 1.28 bits per heavy atom. The average Bonchev–Trinajstić information content (AvgIpc) is 2.62. The smallest absolute Gasteiger partial charge is 0.123 e. The zero-order chi connectivity index (χ0) is 13.3. The second-order valence-electron chi connectivity index (χ2n) is 6.37. The van der Waals surface area contributed by atoms with E-state index in [0.29, 0.717) is 4.83 Å². The minimum absolute atomic E-state index is 0.149. The second-order valence-corrected chi connectivity index (χ2v) is 7.47. The van der Waals surface area contributed by atoms with Gasteiger partial charge in [-0.3, -0.25) is 0 Å². The van der Waals surface area contributed by atoms with Gasteiger partial charge in [0.15, 0.2) is 0 Å². The predicted molar refractivity (Wildman–Crippen MR) is 80.7 cm³/mol. The van der Waals surface area contributed by atoms with Crippen LogP contribution >= 0.6 is 15.9 Å². The summed E-state index contributed by atoms with van der Waals surface area (Å²) in [7, 11) is 0. The van der Waals surface area contributed by atoms with E-state index >= 15 is 0 Å². The second kappa shape index (κ2) is 5.24. The van der Waals surface area contributed by atoms with Crippen molar-refractivity contribution in [3.63, 3.8) is 0 Å². The number of hydrogen-bond acceptors (Lipinski definition) is 1. The molecule has 0 spiro atoms. The molecule has 1 heterocycles. The SMILES string of the molecule is CC(C)CCC(Br)c1ccc2c(c1)C(C)(C)CO2. The molecule has 100 valence electrons. The Hall–Kier alpha value is -0.500. The molecule has 1 aromatic rings. The van der Waals surface area contributed by atoms with E-state index < -0.39 is 0 Å². The number of ether oxygens (including phenoxy) is 1. The van der Waals surface area contributed by atoms with Crippen molar-refractivity contribution in [1.29, 1.82) is 0 Å². The van der Waals surface area contributed by atoms with Gasteiger partial charge < -0.3 is 4.74 Å². The maximum absolute atomic E-state index is 5.73. The number of halogens is 1. The van der Waals surface area contributed by atoms with Gasteiger partial charge in [0.25, 0.3) is 0 Å². The van der Waals surface area contributed by atoms with E-state index in [-0.39, 0.29) is 5.41 Å². The molecule has 1 nitrogen and oxygen atoms in total. The zero-order valence-corrected chi connectivity index (χ0v) is 13.4. The van der Waals surface area contributed by atoms with Crippen molar-refractivity contribution in [1.82, 2.24) is 0 Å². The van der Waals surface area contributed by atoms with E-state index in [0.717, 1.165) is 18.3 Å². The summed E-state index contributed by atoms with van der Waals surface area (Å²) in [6, 6.07) is 6.64. The predicted octanol–water partition coefficient (Wildman–Crippen LogP) is 5.23. The first kappa shape index (κ1) is 13.9. The van der Waals surface area contributed by atoms with Crippen LogP contribution in [0.2, 0.25) is 0 Å². The van der Waals surface area contributed by atoms with Gasteiger partial charge in [-0.25, -0.2) is 0 Å². The molecule has 2 heteroatoms. The lowest BCUT2D eigenvalue weighted by atomic mass is 9.85. The maximum Gasteiger partial charge on any atom is 0.123 e. The Morgan fingerprint density at radius 3 is 2.67 bits per heavy atom. The third-order valence-electron chi connectivity index (χ3n) is 3.68. The van der Waals surface area contributed by atoms with Crippen molar-refractivity contribution in [3.05, 3.63) is 29.3 Å². The van der Waals surface area contributed by atoms with Crippen LogP contribution in [0.3, 0.4) is 0 Å². The van der Waals surface area contributed by atoms with Crippen molar-refractivity contribution in [2.45, 2.75) is 50.8 Å². The number of alkyl halides is 1. The lowest BCUT2D eigenvalue weighted by Crippen LogP contribution is -2.18. The minimum Gasteiger partial charge on any atom is -0.492 e. The van der Waals surface area contributed by atoms with Gasteiger partial charge in [0.2, 0.25) is 0 Å². The monoisotopic (exact) mass is 310 g/mol. The minimum atomic E-state index is 0.149. The summed E-state index contributed by atoms with van der Waals surface area (Å²) >= 11 is 3.82. The Morgan fingerprint density at radius 2 is 2.00 bits per heavy atom. The fourth-order valence-electron chi connectivity index (χ4n) is 2.38. The van der Waals surface area contributed by atoms with Crippen LogP contribution in [0.25, 0.3) is 0 Å². The molecular weight excluding hydrogens is 288 g/mol. The van der Waals surface area contributed by atoms with Crippen molar-refractivity contribution in [3.8, 4) is 5.75 Å². The highest BCUT2D eigenvalue weighted by Gasteiger charge is 2.32. The van der Waals surface area contributed by atoms with Crippen LogP contribution in [-0.2, 0) is 5.41 Å². The van der Waals surface area contributed by atoms with Crippen molar-refractivity contribution in [2.75, 3.05) is 6.61 Å². The Kier molecular flexibility index (Phi) is 4.05. The van der Waals surface area contributed by atoms with Gasteiger partial charge in [-0.05, 0) is 30.4 Å². The molecule has 0 bridgehead atoms. The van der Waals surface area contributed by atoms with Crippen molar-refractivity contribution < 1.29 is 4.74 Å². The lowest BCUT2D eigenvalue weighted by molar-refractivity contribution is 0.291. The van der Waals surface area contributed by atoms with Gasteiger partial charge in [-0.1, -0.05) is 55.8 Å². The number of benzene rings is 1. The van der Waals surface area contributed by atoms with Gasteiger partial charge in [-0.2, -0.15) is 0 Å². The van der Waals surface area contributed by atoms with E-state index in [1.807, 2.05) is 0 Å². The van der Waals surface area contributed by atoms with E-state index in [9.17, 15) is 0 Å². The van der Waals surface area contributed by atoms with Crippen molar-refractivity contribution >= 4 is 15.9 Å². The van der Waals surface area contributed by atoms with Crippen LogP contribution in [0, 0.1) is 5.92 Å². The normalized spacial score (nSPS) is 18.6. The molecule has 0 amide bonds. The summed E-state index contributed by atoms with van der Waals surface area (Å²) in [6.45, 7) is 9.85. The summed E-state index contributed by atoms with van der Waals surface area (Å²) in [5.41, 5.74) is 2.89. The maximum atomic E-state index is 5.73. The lowest BCUT2D eigenvalue weighted by Gasteiger charge is -2.18. The molecule has 2 rings (SSSR count). The van der Waals surface area contributed by atoms with Crippen LogP contribution in [0.15, 0.2) is 18.2 Å². The molecule has 18 heavy (non-hydrogen) atoms. The van der Waals surface area contributed by atoms with Gasteiger partial charge in [0.05, 0.1) is 6.61 Å². The van der Waals surface area contributed by atoms with Crippen LogP contribution in [-0.4, -0.2) is 6.61 Å². The van der Waals surface area contributed by atoms with Crippen LogP contribution in [0.4, 0.5) is 0 Å². The highest BCUT2D eigenvalue weighted by molar-refractivity contribution is 9.09. The molecule has 0 saturated heterocycles. The number of rotatable bonds is 4. The molecule has 1 unspecified atom stereocenters. The average molecular weight is 311 g/mol. The van der Waals surface area contributed by atoms with Gasteiger partial charge in [0.1, 0.15) is 5.75 Å². The molecule has 0 aliphatic carbocycles. The molecule has 1 atom stereocenters. The summed E-state index contributed by atoms with van der Waals surface area (Å²) in [5.74, 6) is 1.83. The Labute approximate surface area is 119 Å². The zero-order valence-electron chi connectivity index (χ0n) is 11.8. The van der Waals surface area contributed by atoms with E-state index in [4.69, 9.17) is 4.74 Å². The topological polar surface area (TPSA) is 9.23 Å². The standard InChI is InChI=1S/C16H23BrO/c1-11(2)5-7-14(17)12-6-8-15-13(9-12)16(3,4)10-18-15/h6,8-9,11,14H,5,7,10H2,1-4H3. The summed E-state index contributed by atoms with van der Waals surface area (Å²) in [5, 5.41) is 0. The summed E-state index contributed by atoms with van der Waals surface area (Å²) < 4.78 is 5.73. The quantitative estimate of drug-likeness (QED) is 0.692. The van der Waals surface area contributed by atoms with E-state index in [1.165, 1.54) is 24.0 Å². The van der Waals surface area contributed by atoms with Gasteiger partial charge >= 0.3 is 0 Å². The molecule has 0 saturated carbocycles. The molecule has 1 aromatic carbocycles. The summed E-state index contributed by atoms with van der Waals surface area (Å²) in [4.78, 5) is 0.460. The highest BCUT2D eigenvalue weighted by atomic mass is 79.9. The molecular formula is C16H23BrO.